The van der Waals surface area contributed by atoms with Gasteiger partial charge in [0.2, 0.25) is 0 Å². The first-order chi connectivity index (χ1) is 6.11. The van der Waals surface area contributed by atoms with Gasteiger partial charge in [0.1, 0.15) is 11.1 Å². The van der Waals surface area contributed by atoms with Crippen LogP contribution in [0.25, 0.3) is 11.0 Å². The van der Waals surface area contributed by atoms with Crippen LogP contribution in [-0.4, -0.2) is 25.8 Å². The number of nitrogens with one attached hydrogen (secondary N) is 1. The van der Waals surface area contributed by atoms with E-state index in [9.17, 15) is 4.79 Å². The van der Waals surface area contributed by atoms with Crippen molar-refractivity contribution in [3.63, 3.8) is 0 Å². The minimum atomic E-state index is -0.936. The molecule has 2 aromatic rings. The first-order valence-electron chi connectivity index (χ1n) is 3.85. The lowest BCUT2D eigenvalue weighted by Crippen LogP contribution is -1.98. The molecule has 0 aromatic carbocycles. The molecule has 0 fully saturated rings. The zero-order valence-corrected chi connectivity index (χ0v) is 7.33. The highest BCUT2D eigenvalue weighted by Gasteiger charge is 2.15. The Labute approximate surface area is 74.0 Å². The molecule has 2 heterocycles. The van der Waals surface area contributed by atoms with E-state index in [0.717, 1.165) is 11.2 Å². The number of H-pyrrole nitrogens is 1. The fourth-order valence-electron chi connectivity index (χ4n) is 1.52. The second-order valence-corrected chi connectivity index (χ2v) is 2.94. The zero-order valence-electron chi connectivity index (χ0n) is 7.33. The maximum absolute atomic E-state index is 10.8. The first kappa shape index (κ1) is 7.85. The molecule has 0 unspecified atom stereocenters. The van der Waals surface area contributed by atoms with Gasteiger partial charge >= 0.3 is 5.97 Å². The molecule has 13 heavy (non-hydrogen) atoms. The molecule has 2 aromatic heterocycles. The summed E-state index contributed by atoms with van der Waals surface area (Å²) in [5, 5.41) is 13.0. The summed E-state index contributed by atoms with van der Waals surface area (Å²) in [5.74, 6) is -0.936. The minimum Gasteiger partial charge on any atom is -0.478 e. The number of rotatable bonds is 1. The van der Waals surface area contributed by atoms with Gasteiger partial charge in [0.15, 0.2) is 0 Å². The number of aromatic nitrogens is 3. The van der Waals surface area contributed by atoms with E-state index in [-0.39, 0.29) is 5.56 Å². The van der Waals surface area contributed by atoms with E-state index < -0.39 is 5.97 Å². The van der Waals surface area contributed by atoms with Crippen molar-refractivity contribution < 1.29 is 9.90 Å². The Morgan fingerprint density at radius 2 is 2.38 bits per heavy atom. The highest BCUT2D eigenvalue weighted by molar-refractivity contribution is 6.02. The number of nitrogens with zero attached hydrogens (tertiary/aromatic N) is 2. The molecule has 0 saturated carbocycles. The van der Waals surface area contributed by atoms with E-state index >= 15 is 0 Å². The number of aromatic amines is 1. The van der Waals surface area contributed by atoms with E-state index in [1.54, 1.807) is 11.7 Å². The minimum absolute atomic E-state index is 0.262. The molecule has 0 aliphatic heterocycles. The predicted octanol–water partition coefficient (Wildman–Crippen LogP) is 0.908. The summed E-state index contributed by atoms with van der Waals surface area (Å²) in [6.07, 6.45) is 1.49. The average molecular weight is 179 g/mol. The molecule has 68 valence electrons. The second-order valence-electron chi connectivity index (χ2n) is 2.94. The van der Waals surface area contributed by atoms with Crippen molar-refractivity contribution in [1.29, 1.82) is 0 Å². The number of carboxylic acid groups (broad SMARTS) is 1. The first-order valence-corrected chi connectivity index (χ1v) is 3.85. The van der Waals surface area contributed by atoms with Crippen LogP contribution in [0.5, 0.6) is 0 Å². The summed E-state index contributed by atoms with van der Waals surface area (Å²) in [6.45, 7) is 1.84. The molecule has 0 spiro atoms. The summed E-state index contributed by atoms with van der Waals surface area (Å²) >= 11 is 0. The molecule has 0 aliphatic rings. The van der Waals surface area contributed by atoms with Crippen LogP contribution in [0.3, 0.4) is 0 Å². The Kier molecular flexibility index (Phi) is 1.42. The lowest BCUT2D eigenvalue weighted by atomic mass is 10.3. The van der Waals surface area contributed by atoms with E-state index in [1.165, 1.54) is 6.20 Å². The zero-order chi connectivity index (χ0) is 9.59. The molecular weight excluding hydrogens is 170 g/mol. The summed E-state index contributed by atoms with van der Waals surface area (Å²) < 4.78 is 1.57. The molecule has 0 bridgehead atoms. The van der Waals surface area contributed by atoms with Crippen molar-refractivity contribution in [2.75, 3.05) is 0 Å². The van der Waals surface area contributed by atoms with Crippen LogP contribution in [0.15, 0.2) is 6.20 Å². The van der Waals surface area contributed by atoms with E-state index in [0.29, 0.717) is 5.52 Å². The molecule has 5 nitrogen and oxygen atoms in total. The molecule has 0 saturated heterocycles. The highest BCUT2D eigenvalue weighted by Crippen LogP contribution is 2.19. The molecule has 2 rings (SSSR count). The van der Waals surface area contributed by atoms with Crippen LogP contribution in [0.1, 0.15) is 16.1 Å². The average Bonchev–Trinajstić information content (AvgIpc) is 2.55. The van der Waals surface area contributed by atoms with Gasteiger partial charge < -0.3 is 10.1 Å². The van der Waals surface area contributed by atoms with Crippen LogP contribution in [-0.2, 0) is 7.05 Å². The summed E-state index contributed by atoms with van der Waals surface area (Å²) in [6, 6.07) is 0. The third kappa shape index (κ3) is 0.932. The van der Waals surface area contributed by atoms with E-state index in [4.69, 9.17) is 5.11 Å². The van der Waals surface area contributed by atoms with Gasteiger partial charge in [-0.1, -0.05) is 0 Å². The standard InChI is InChI=1S/C8H9N3O2/c1-4-6-7(11(2)10-4)5(3-9-6)8(12)13/h3,9H,1-2H3,(H,12,13). The molecule has 0 atom stereocenters. The molecule has 2 N–H and O–H groups in total. The van der Waals surface area contributed by atoms with Crippen molar-refractivity contribution in [2.24, 2.45) is 7.05 Å². The highest BCUT2D eigenvalue weighted by atomic mass is 16.4. The van der Waals surface area contributed by atoms with Gasteiger partial charge in [-0.15, -0.1) is 0 Å². The Balaban J connectivity index is 2.86. The second kappa shape index (κ2) is 2.35. The van der Waals surface area contributed by atoms with Gasteiger partial charge in [-0.25, -0.2) is 4.79 Å². The Morgan fingerprint density at radius 3 is 3.00 bits per heavy atom. The third-order valence-corrected chi connectivity index (χ3v) is 2.07. The number of hydrogen-bond acceptors (Lipinski definition) is 2. The van der Waals surface area contributed by atoms with E-state index in [1.807, 2.05) is 6.92 Å². The van der Waals surface area contributed by atoms with E-state index in [2.05, 4.69) is 10.1 Å². The Hall–Kier alpha value is -1.78. The summed E-state index contributed by atoms with van der Waals surface area (Å²) in [5.41, 5.74) is 2.51. The fourth-order valence-corrected chi connectivity index (χ4v) is 1.52. The van der Waals surface area contributed by atoms with Crippen molar-refractivity contribution >= 4 is 17.0 Å². The van der Waals surface area contributed by atoms with Crippen molar-refractivity contribution in [2.45, 2.75) is 6.92 Å². The lowest BCUT2D eigenvalue weighted by molar-refractivity contribution is 0.0698. The van der Waals surface area contributed by atoms with Gasteiger partial charge in [-0.05, 0) is 6.92 Å². The molecule has 0 radical (unpaired) electrons. The molecule has 0 aliphatic carbocycles. The van der Waals surface area contributed by atoms with Crippen LogP contribution >= 0.6 is 0 Å². The summed E-state index contributed by atoms with van der Waals surface area (Å²) in [4.78, 5) is 13.7. The topological polar surface area (TPSA) is 70.9 Å². The molecular formula is C8H9N3O2. The number of fused-ring (bicyclic) bond motifs is 1. The van der Waals surface area contributed by atoms with Gasteiger partial charge in [-0.2, -0.15) is 5.10 Å². The Morgan fingerprint density at radius 1 is 1.69 bits per heavy atom. The summed E-state index contributed by atoms with van der Waals surface area (Å²) in [7, 11) is 1.73. The van der Waals surface area contributed by atoms with Gasteiger partial charge in [0.25, 0.3) is 0 Å². The van der Waals surface area contributed by atoms with Gasteiger partial charge in [0.05, 0.1) is 11.2 Å². The maximum atomic E-state index is 10.8. The number of hydrogen-bond donors (Lipinski definition) is 2. The Bertz CT molecular complexity index is 481. The number of carboxylic acids is 1. The number of aromatic carboxylic acids is 1. The van der Waals surface area contributed by atoms with Crippen molar-refractivity contribution in [1.82, 2.24) is 14.8 Å². The number of aryl methyl sites for hydroxylation is 2. The number of carbonyl (C=O) groups is 1. The third-order valence-electron chi connectivity index (χ3n) is 2.07. The van der Waals surface area contributed by atoms with Gasteiger partial charge in [-0.3, -0.25) is 4.68 Å². The quantitative estimate of drug-likeness (QED) is 0.683. The normalized spacial score (nSPS) is 10.9. The van der Waals surface area contributed by atoms with Crippen LogP contribution < -0.4 is 0 Å². The fraction of sp³-hybridized carbons (Fsp3) is 0.250. The smallest absolute Gasteiger partial charge is 0.339 e. The van der Waals surface area contributed by atoms with Crippen molar-refractivity contribution in [3.05, 3.63) is 17.5 Å². The van der Waals surface area contributed by atoms with Crippen LogP contribution in [0, 0.1) is 6.92 Å². The molecule has 5 heteroatoms. The van der Waals surface area contributed by atoms with Gasteiger partial charge in [0, 0.05) is 13.2 Å². The van der Waals surface area contributed by atoms with Crippen LogP contribution in [0.4, 0.5) is 0 Å². The largest absolute Gasteiger partial charge is 0.478 e. The predicted molar refractivity (Wildman–Crippen MR) is 46.8 cm³/mol. The SMILES string of the molecule is Cc1nn(C)c2c(C(=O)O)c[nH]c12. The monoisotopic (exact) mass is 179 g/mol. The van der Waals surface area contributed by atoms with Crippen LogP contribution in [0.2, 0.25) is 0 Å². The van der Waals surface area contributed by atoms with Crippen molar-refractivity contribution in [3.8, 4) is 0 Å². The lowest BCUT2D eigenvalue weighted by Gasteiger charge is -1.91. The maximum Gasteiger partial charge on any atom is 0.339 e. The molecule has 0 amide bonds.